The van der Waals surface area contributed by atoms with E-state index in [0.29, 0.717) is 23.5 Å². The second-order valence-electron chi connectivity index (χ2n) is 6.59. The van der Waals surface area contributed by atoms with Gasteiger partial charge in [-0.15, -0.1) is 12.4 Å². The summed E-state index contributed by atoms with van der Waals surface area (Å²) in [4.78, 5) is 9.16. The van der Waals surface area contributed by atoms with Crippen molar-refractivity contribution in [1.29, 1.82) is 0 Å². The molecular formula is C17H23ClN6OS. The second-order valence-corrected chi connectivity index (χ2v) is 7.39. The zero-order valence-electron chi connectivity index (χ0n) is 14.6. The number of hydrogen-bond donors (Lipinski definition) is 3. The Kier molecular flexibility index (Phi) is 5.95. The van der Waals surface area contributed by atoms with Crippen LogP contribution >= 0.6 is 23.9 Å². The molecule has 0 bridgehead atoms. The average Bonchev–Trinajstić information content (AvgIpc) is 3.24. The van der Waals surface area contributed by atoms with Gasteiger partial charge < -0.3 is 20.8 Å². The molecule has 1 aliphatic carbocycles. The molecule has 3 aromatic rings. The minimum atomic E-state index is 0. The quantitative estimate of drug-likeness (QED) is 0.599. The van der Waals surface area contributed by atoms with Gasteiger partial charge in [0.05, 0.1) is 12.0 Å². The van der Waals surface area contributed by atoms with Crippen LogP contribution in [-0.2, 0) is 0 Å². The molecule has 0 aromatic carbocycles. The van der Waals surface area contributed by atoms with Crippen LogP contribution in [0.1, 0.15) is 31.4 Å². The van der Waals surface area contributed by atoms with Gasteiger partial charge in [-0.25, -0.2) is 4.98 Å². The van der Waals surface area contributed by atoms with Crippen molar-refractivity contribution in [2.24, 2.45) is 11.7 Å². The maximum absolute atomic E-state index is 5.79. The summed E-state index contributed by atoms with van der Waals surface area (Å²) in [5.74, 6) is 1.95. The van der Waals surface area contributed by atoms with Crippen molar-refractivity contribution < 1.29 is 4.42 Å². The Morgan fingerprint density at radius 1 is 1.27 bits per heavy atom. The highest BCUT2D eigenvalue weighted by molar-refractivity contribution is 7.10. The first kappa shape index (κ1) is 18.9. The molecule has 4 rings (SSSR count). The Balaban J connectivity index is 0.00000196. The highest BCUT2D eigenvalue weighted by atomic mass is 35.5. The van der Waals surface area contributed by atoms with Gasteiger partial charge in [0.15, 0.2) is 11.4 Å². The molecule has 0 amide bonds. The number of fused-ring (bicyclic) bond motifs is 1. The average molecular weight is 395 g/mol. The topological polar surface area (TPSA) is 102 Å². The predicted molar refractivity (Wildman–Crippen MR) is 108 cm³/mol. The molecule has 0 spiro atoms. The summed E-state index contributed by atoms with van der Waals surface area (Å²) >= 11 is 1.40. The third kappa shape index (κ3) is 4.08. The fraction of sp³-hybridized carbons (Fsp3) is 0.471. The van der Waals surface area contributed by atoms with E-state index in [9.17, 15) is 0 Å². The number of nitrogens with zero attached hydrogens (tertiary/aromatic N) is 3. The van der Waals surface area contributed by atoms with Crippen LogP contribution in [0.15, 0.2) is 22.8 Å². The van der Waals surface area contributed by atoms with Gasteiger partial charge in [-0.2, -0.15) is 9.36 Å². The summed E-state index contributed by atoms with van der Waals surface area (Å²) < 4.78 is 9.87. The summed E-state index contributed by atoms with van der Waals surface area (Å²) in [6, 6.07) is 4.23. The van der Waals surface area contributed by atoms with Crippen molar-refractivity contribution in [3.63, 3.8) is 0 Å². The number of rotatable bonds is 5. The lowest BCUT2D eigenvalue weighted by Gasteiger charge is -2.28. The first-order chi connectivity index (χ1) is 12.2. The first-order valence-electron chi connectivity index (χ1n) is 8.63. The maximum atomic E-state index is 5.79. The lowest BCUT2D eigenvalue weighted by atomic mass is 9.86. The van der Waals surface area contributed by atoms with Crippen LogP contribution in [0.25, 0.3) is 11.1 Å². The molecule has 0 saturated heterocycles. The minimum absolute atomic E-state index is 0. The van der Waals surface area contributed by atoms with Crippen LogP contribution in [0.5, 0.6) is 0 Å². The Hall–Kier alpha value is -1.90. The summed E-state index contributed by atoms with van der Waals surface area (Å²) in [5.41, 5.74) is 8.26. The molecule has 0 atom stereocenters. The summed E-state index contributed by atoms with van der Waals surface area (Å²) in [7, 11) is 0. The number of aromatic nitrogens is 3. The zero-order chi connectivity index (χ0) is 17.2. The van der Waals surface area contributed by atoms with Gasteiger partial charge >= 0.3 is 0 Å². The van der Waals surface area contributed by atoms with Crippen molar-refractivity contribution in [3.05, 3.63) is 24.1 Å². The number of aryl methyl sites for hydroxylation is 1. The zero-order valence-corrected chi connectivity index (χ0v) is 16.2. The number of hydrogen-bond acceptors (Lipinski definition) is 8. The molecule has 1 fully saturated rings. The van der Waals surface area contributed by atoms with Crippen LogP contribution in [-0.4, -0.2) is 26.9 Å². The highest BCUT2D eigenvalue weighted by Gasteiger charge is 2.22. The van der Waals surface area contributed by atoms with Crippen LogP contribution in [0, 0.1) is 12.8 Å². The molecule has 7 nitrogen and oxygen atoms in total. The monoisotopic (exact) mass is 394 g/mol. The van der Waals surface area contributed by atoms with Crippen molar-refractivity contribution in [2.45, 2.75) is 38.6 Å². The number of anilines is 3. The molecule has 1 aliphatic rings. The Morgan fingerprint density at radius 2 is 2.08 bits per heavy atom. The standard InChI is InChI=1S/C17H22N6OS.ClH/c1-10-8-14(25-23-10)21-17-20-13-6-7-24-15(13)16(22-17)19-12-4-2-11(9-18)3-5-12;/h6-8,11-12H,2-5,9,18H2,1H3,(H2,19,20,21,22);1H. The maximum Gasteiger partial charge on any atom is 0.230 e. The smallest absolute Gasteiger partial charge is 0.230 e. The third-order valence-corrected chi connectivity index (χ3v) is 5.48. The molecule has 0 radical (unpaired) electrons. The molecule has 26 heavy (non-hydrogen) atoms. The van der Waals surface area contributed by atoms with Gasteiger partial charge in [-0.1, -0.05) is 0 Å². The van der Waals surface area contributed by atoms with Crippen LogP contribution in [0.2, 0.25) is 0 Å². The van der Waals surface area contributed by atoms with Crippen molar-refractivity contribution in [3.8, 4) is 0 Å². The molecule has 3 heterocycles. The van der Waals surface area contributed by atoms with E-state index in [4.69, 9.17) is 10.2 Å². The number of nitrogens with one attached hydrogen (secondary N) is 2. The molecular weight excluding hydrogens is 372 g/mol. The van der Waals surface area contributed by atoms with Crippen molar-refractivity contribution in [2.75, 3.05) is 17.2 Å². The normalized spacial score (nSPS) is 19.9. The Morgan fingerprint density at radius 3 is 2.77 bits per heavy atom. The fourth-order valence-electron chi connectivity index (χ4n) is 3.29. The van der Waals surface area contributed by atoms with Gasteiger partial charge in [0.2, 0.25) is 5.95 Å². The SMILES string of the molecule is Cc1cc(Nc2nc(NC3CCC(CN)CC3)c3occc3n2)sn1.Cl. The lowest BCUT2D eigenvalue weighted by molar-refractivity contribution is 0.344. The van der Waals surface area contributed by atoms with Gasteiger partial charge in [0.1, 0.15) is 10.5 Å². The van der Waals surface area contributed by atoms with E-state index in [-0.39, 0.29) is 12.4 Å². The molecule has 4 N–H and O–H groups in total. The van der Waals surface area contributed by atoms with Gasteiger partial charge in [-0.05, 0) is 62.7 Å². The van der Waals surface area contributed by atoms with E-state index in [1.165, 1.54) is 11.5 Å². The molecule has 1 saturated carbocycles. The summed E-state index contributed by atoms with van der Waals surface area (Å²) in [6.07, 6.45) is 6.17. The molecule has 3 aromatic heterocycles. The lowest BCUT2D eigenvalue weighted by Crippen LogP contribution is -2.29. The number of nitrogens with two attached hydrogens (primary N) is 1. The molecule has 9 heteroatoms. The summed E-state index contributed by atoms with van der Waals surface area (Å²) in [6.45, 7) is 2.75. The van der Waals surface area contributed by atoms with E-state index in [2.05, 4.69) is 25.0 Å². The van der Waals surface area contributed by atoms with Gasteiger partial charge in [-0.3, -0.25) is 0 Å². The fourth-order valence-corrected chi connectivity index (χ4v) is 3.94. The first-order valence-corrected chi connectivity index (χ1v) is 9.41. The minimum Gasteiger partial charge on any atom is -0.459 e. The molecule has 0 aliphatic heterocycles. The van der Waals surface area contributed by atoms with Crippen LogP contribution in [0.4, 0.5) is 16.8 Å². The number of halogens is 1. The summed E-state index contributed by atoms with van der Waals surface area (Å²) in [5, 5.41) is 7.71. The molecule has 0 unspecified atom stereocenters. The predicted octanol–water partition coefficient (Wildman–Crippen LogP) is 4.08. The largest absolute Gasteiger partial charge is 0.459 e. The van der Waals surface area contributed by atoms with E-state index >= 15 is 0 Å². The van der Waals surface area contributed by atoms with E-state index < -0.39 is 0 Å². The third-order valence-electron chi connectivity index (χ3n) is 4.69. The Labute approximate surface area is 162 Å². The van der Waals surface area contributed by atoms with Crippen LogP contribution < -0.4 is 16.4 Å². The van der Waals surface area contributed by atoms with Gasteiger partial charge in [0, 0.05) is 12.1 Å². The Bertz CT molecular complexity index is 858. The van der Waals surface area contributed by atoms with E-state index in [1.54, 1.807) is 6.26 Å². The number of furan rings is 1. The van der Waals surface area contributed by atoms with E-state index in [1.807, 2.05) is 19.1 Å². The van der Waals surface area contributed by atoms with Crippen LogP contribution in [0.3, 0.4) is 0 Å². The highest BCUT2D eigenvalue weighted by Crippen LogP contribution is 2.30. The van der Waals surface area contributed by atoms with Crippen molar-refractivity contribution >= 4 is 51.8 Å². The van der Waals surface area contributed by atoms with E-state index in [0.717, 1.165) is 54.3 Å². The van der Waals surface area contributed by atoms with Crippen molar-refractivity contribution in [1.82, 2.24) is 14.3 Å². The van der Waals surface area contributed by atoms with Gasteiger partial charge in [0.25, 0.3) is 0 Å². The molecule has 140 valence electrons. The second kappa shape index (κ2) is 8.20.